The molecule has 0 aliphatic rings. The maximum atomic E-state index is 12.3. The predicted octanol–water partition coefficient (Wildman–Crippen LogP) is 3.50. The van der Waals surface area contributed by atoms with Gasteiger partial charge in [-0.1, -0.05) is 11.6 Å². The molecule has 9 heteroatoms. The van der Waals surface area contributed by atoms with Gasteiger partial charge in [0.15, 0.2) is 0 Å². The molecule has 25 heavy (non-hydrogen) atoms. The number of carbonyl (C=O) groups excluding carboxylic acids is 2. The minimum Gasteiger partial charge on any atom is -0.383 e. The van der Waals surface area contributed by atoms with Crippen molar-refractivity contribution in [3.05, 3.63) is 57.1 Å². The Kier molecular flexibility index (Phi) is 5.56. The van der Waals surface area contributed by atoms with E-state index in [1.54, 1.807) is 19.2 Å². The molecule has 0 fully saturated rings. The molecule has 0 bridgehead atoms. The van der Waals surface area contributed by atoms with Crippen LogP contribution in [0.2, 0.25) is 5.02 Å². The van der Waals surface area contributed by atoms with Crippen LogP contribution in [0.15, 0.2) is 36.4 Å². The van der Waals surface area contributed by atoms with Crippen LogP contribution in [0, 0.1) is 10.1 Å². The topological polar surface area (TPSA) is 113 Å². The fourth-order valence-corrected chi connectivity index (χ4v) is 2.35. The molecule has 130 valence electrons. The van der Waals surface area contributed by atoms with Crippen LogP contribution >= 0.6 is 11.6 Å². The van der Waals surface area contributed by atoms with Crippen LogP contribution in [0.1, 0.15) is 17.3 Å². The lowest BCUT2D eigenvalue weighted by atomic mass is 10.1. The Morgan fingerprint density at radius 2 is 1.76 bits per heavy atom. The van der Waals surface area contributed by atoms with Gasteiger partial charge in [0.25, 0.3) is 11.6 Å². The maximum absolute atomic E-state index is 12.3. The van der Waals surface area contributed by atoms with Crippen LogP contribution in [0.5, 0.6) is 0 Å². The van der Waals surface area contributed by atoms with Gasteiger partial charge in [-0.25, -0.2) is 0 Å². The summed E-state index contributed by atoms with van der Waals surface area (Å²) in [6.07, 6.45) is 0. The number of anilines is 3. The van der Waals surface area contributed by atoms with Crippen molar-refractivity contribution in [2.24, 2.45) is 0 Å². The third-order valence-electron chi connectivity index (χ3n) is 3.26. The summed E-state index contributed by atoms with van der Waals surface area (Å²) < 4.78 is 0. The summed E-state index contributed by atoms with van der Waals surface area (Å²) in [5, 5.41) is 19.2. The number of rotatable bonds is 5. The number of amides is 2. The van der Waals surface area contributed by atoms with Crippen LogP contribution in [-0.2, 0) is 4.79 Å². The second-order valence-corrected chi connectivity index (χ2v) is 5.48. The predicted molar refractivity (Wildman–Crippen MR) is 96.4 cm³/mol. The van der Waals surface area contributed by atoms with E-state index in [-0.39, 0.29) is 22.2 Å². The van der Waals surface area contributed by atoms with E-state index in [9.17, 15) is 19.7 Å². The molecule has 0 aromatic heterocycles. The van der Waals surface area contributed by atoms with Gasteiger partial charge in [0, 0.05) is 31.3 Å². The van der Waals surface area contributed by atoms with Gasteiger partial charge >= 0.3 is 0 Å². The molecule has 8 nitrogen and oxygen atoms in total. The highest BCUT2D eigenvalue weighted by Gasteiger charge is 2.17. The highest BCUT2D eigenvalue weighted by Crippen LogP contribution is 2.27. The molecular formula is C16H15ClN4O4. The zero-order valence-electron chi connectivity index (χ0n) is 13.4. The zero-order valence-corrected chi connectivity index (χ0v) is 14.2. The van der Waals surface area contributed by atoms with Crippen LogP contribution in [0.4, 0.5) is 22.7 Å². The van der Waals surface area contributed by atoms with E-state index in [1.807, 2.05) is 0 Å². The number of nitro benzene ring substituents is 1. The fourth-order valence-electron chi connectivity index (χ4n) is 2.12. The van der Waals surface area contributed by atoms with Crippen molar-refractivity contribution < 1.29 is 14.5 Å². The van der Waals surface area contributed by atoms with Crippen molar-refractivity contribution in [2.75, 3.05) is 23.0 Å². The van der Waals surface area contributed by atoms with E-state index in [2.05, 4.69) is 16.0 Å². The van der Waals surface area contributed by atoms with E-state index < -0.39 is 10.8 Å². The smallest absolute Gasteiger partial charge is 0.293 e. The Hall–Kier alpha value is -3.13. The monoisotopic (exact) mass is 362 g/mol. The number of hydrogen-bond donors (Lipinski definition) is 3. The quantitative estimate of drug-likeness (QED) is 0.556. The van der Waals surface area contributed by atoms with E-state index in [1.165, 1.54) is 31.2 Å². The molecule has 0 saturated carbocycles. The molecule has 2 amide bonds. The highest BCUT2D eigenvalue weighted by atomic mass is 35.5. The summed E-state index contributed by atoms with van der Waals surface area (Å²) in [4.78, 5) is 33.8. The number of carbonyl (C=O) groups is 2. The van der Waals surface area contributed by atoms with E-state index in [4.69, 9.17) is 11.6 Å². The first kappa shape index (κ1) is 18.2. The minimum atomic E-state index is -0.568. The van der Waals surface area contributed by atoms with Crippen LogP contribution < -0.4 is 16.0 Å². The van der Waals surface area contributed by atoms with Crippen LogP contribution in [0.3, 0.4) is 0 Å². The van der Waals surface area contributed by atoms with Crippen molar-refractivity contribution in [1.82, 2.24) is 0 Å². The lowest BCUT2D eigenvalue weighted by Gasteiger charge is -2.10. The third-order valence-corrected chi connectivity index (χ3v) is 3.58. The lowest BCUT2D eigenvalue weighted by molar-refractivity contribution is -0.384. The average molecular weight is 363 g/mol. The van der Waals surface area contributed by atoms with Gasteiger partial charge in [0.2, 0.25) is 5.91 Å². The van der Waals surface area contributed by atoms with Crippen molar-refractivity contribution in [2.45, 2.75) is 6.92 Å². The molecule has 0 heterocycles. The van der Waals surface area contributed by atoms with Crippen LogP contribution in [0.25, 0.3) is 0 Å². The van der Waals surface area contributed by atoms with Gasteiger partial charge in [-0.2, -0.15) is 0 Å². The summed E-state index contributed by atoms with van der Waals surface area (Å²) in [6, 6.07) is 8.70. The molecule has 0 unspecified atom stereocenters. The molecule has 3 N–H and O–H groups in total. The van der Waals surface area contributed by atoms with Crippen molar-refractivity contribution in [1.29, 1.82) is 0 Å². The normalized spacial score (nSPS) is 10.0. The summed E-state index contributed by atoms with van der Waals surface area (Å²) >= 11 is 6.05. The van der Waals surface area contributed by atoms with Gasteiger partial charge in [-0.3, -0.25) is 19.7 Å². The van der Waals surface area contributed by atoms with Gasteiger partial charge in [0.05, 0.1) is 15.6 Å². The second kappa shape index (κ2) is 7.63. The molecule has 0 aliphatic heterocycles. The SMILES string of the molecule is CNc1ccc(C(=O)Nc2ccc(NC(C)=O)c(Cl)c2)cc1[N+](=O)[O-]. The summed E-state index contributed by atoms with van der Waals surface area (Å²) in [6.45, 7) is 1.35. The zero-order chi connectivity index (χ0) is 18.6. The molecule has 0 atom stereocenters. The van der Waals surface area contributed by atoms with E-state index in [0.29, 0.717) is 17.1 Å². The molecule has 0 aliphatic carbocycles. The van der Waals surface area contributed by atoms with Gasteiger partial charge < -0.3 is 16.0 Å². The molecule has 2 aromatic rings. The standard InChI is InChI=1S/C16H15ClN4O4/c1-9(22)19-13-6-4-11(8-12(13)17)20-16(23)10-3-5-14(18-2)15(7-10)21(24)25/h3-8,18H,1-2H3,(H,19,22)(H,20,23). The van der Waals surface area contributed by atoms with Crippen LogP contribution in [-0.4, -0.2) is 23.8 Å². The van der Waals surface area contributed by atoms with Crippen molar-refractivity contribution >= 4 is 46.2 Å². The molecule has 2 rings (SSSR count). The number of nitro groups is 1. The average Bonchev–Trinajstić information content (AvgIpc) is 2.56. The van der Waals surface area contributed by atoms with Crippen molar-refractivity contribution in [3.8, 4) is 0 Å². The van der Waals surface area contributed by atoms with Gasteiger partial charge in [-0.05, 0) is 30.3 Å². The van der Waals surface area contributed by atoms with E-state index >= 15 is 0 Å². The Morgan fingerprint density at radius 3 is 2.32 bits per heavy atom. The third kappa shape index (κ3) is 4.45. The maximum Gasteiger partial charge on any atom is 0.293 e. The Balaban J connectivity index is 2.22. The molecule has 2 aromatic carbocycles. The molecule has 0 spiro atoms. The summed E-state index contributed by atoms with van der Waals surface area (Å²) in [5.74, 6) is -0.787. The van der Waals surface area contributed by atoms with Gasteiger partial charge in [-0.15, -0.1) is 0 Å². The first-order valence-electron chi connectivity index (χ1n) is 7.16. The molecular weight excluding hydrogens is 348 g/mol. The summed E-state index contributed by atoms with van der Waals surface area (Å²) in [5.41, 5.74) is 1.05. The number of nitrogens with zero attached hydrogens (tertiary/aromatic N) is 1. The number of halogens is 1. The Labute approximate surface area is 148 Å². The second-order valence-electron chi connectivity index (χ2n) is 5.07. The number of benzene rings is 2. The highest BCUT2D eigenvalue weighted by molar-refractivity contribution is 6.34. The Bertz CT molecular complexity index is 854. The fraction of sp³-hybridized carbons (Fsp3) is 0.125. The summed E-state index contributed by atoms with van der Waals surface area (Å²) in [7, 11) is 1.56. The van der Waals surface area contributed by atoms with Gasteiger partial charge in [0.1, 0.15) is 5.69 Å². The first-order chi connectivity index (χ1) is 11.8. The van der Waals surface area contributed by atoms with Crippen molar-refractivity contribution in [3.63, 3.8) is 0 Å². The minimum absolute atomic E-state index is 0.132. The number of hydrogen-bond acceptors (Lipinski definition) is 5. The first-order valence-corrected chi connectivity index (χ1v) is 7.54. The Morgan fingerprint density at radius 1 is 1.08 bits per heavy atom. The van der Waals surface area contributed by atoms with E-state index in [0.717, 1.165) is 0 Å². The number of nitrogens with one attached hydrogen (secondary N) is 3. The largest absolute Gasteiger partial charge is 0.383 e. The molecule has 0 radical (unpaired) electrons. The lowest BCUT2D eigenvalue weighted by Crippen LogP contribution is -2.13. The molecule has 0 saturated heterocycles.